The Morgan fingerprint density at radius 2 is 2.26 bits per heavy atom. The lowest BCUT2D eigenvalue weighted by molar-refractivity contribution is 0.0933. The molecule has 0 aliphatic heterocycles. The molecule has 1 unspecified atom stereocenters. The molecule has 0 saturated carbocycles. The molecule has 4 rings (SSSR count). The number of hydrogen-bond donors (Lipinski definition) is 2. The van der Waals surface area contributed by atoms with E-state index in [1.54, 1.807) is 24.5 Å². The highest BCUT2D eigenvalue weighted by Crippen LogP contribution is 2.30. The number of carbonyl (C=O) groups excluding carboxylic acids is 1. The molecule has 0 saturated heterocycles. The van der Waals surface area contributed by atoms with E-state index < -0.39 is 0 Å². The minimum atomic E-state index is -0.0607. The van der Waals surface area contributed by atoms with E-state index in [0.29, 0.717) is 5.56 Å². The highest BCUT2D eigenvalue weighted by molar-refractivity contribution is 6.31. The van der Waals surface area contributed by atoms with Gasteiger partial charge in [0.1, 0.15) is 0 Å². The molecule has 2 heterocycles. The number of nitrogens with zero attached hydrogens (tertiary/aromatic N) is 1. The number of amides is 1. The number of pyridine rings is 1. The van der Waals surface area contributed by atoms with Crippen LogP contribution in [0.15, 0.2) is 42.7 Å². The van der Waals surface area contributed by atoms with Crippen LogP contribution in [0.5, 0.6) is 0 Å². The third kappa shape index (κ3) is 2.70. The van der Waals surface area contributed by atoms with Crippen molar-refractivity contribution < 1.29 is 4.79 Å². The van der Waals surface area contributed by atoms with Crippen molar-refractivity contribution in [2.75, 3.05) is 0 Å². The SMILES string of the molecule is O=C(NC1CCc2[nH]c3cc(Cl)ccc3c2C1)c1cccnc1. The van der Waals surface area contributed by atoms with Crippen LogP contribution in [0.2, 0.25) is 5.02 Å². The summed E-state index contributed by atoms with van der Waals surface area (Å²) >= 11 is 6.06. The minimum Gasteiger partial charge on any atom is -0.358 e. The van der Waals surface area contributed by atoms with Crippen molar-refractivity contribution in [3.05, 3.63) is 64.6 Å². The molecule has 1 amide bonds. The number of aryl methyl sites for hydroxylation is 1. The van der Waals surface area contributed by atoms with Crippen LogP contribution in [-0.4, -0.2) is 21.9 Å². The van der Waals surface area contributed by atoms with E-state index in [1.165, 1.54) is 16.6 Å². The first-order valence-corrected chi connectivity index (χ1v) is 8.08. The molecule has 116 valence electrons. The Labute approximate surface area is 138 Å². The number of halogens is 1. The van der Waals surface area contributed by atoms with Gasteiger partial charge in [0, 0.05) is 40.1 Å². The number of benzene rings is 1. The van der Waals surface area contributed by atoms with Crippen LogP contribution >= 0.6 is 11.6 Å². The Morgan fingerprint density at radius 3 is 3.09 bits per heavy atom. The van der Waals surface area contributed by atoms with Crippen molar-refractivity contribution in [1.82, 2.24) is 15.3 Å². The van der Waals surface area contributed by atoms with Gasteiger partial charge in [-0.15, -0.1) is 0 Å². The summed E-state index contributed by atoms with van der Waals surface area (Å²) in [6, 6.07) is 9.62. The van der Waals surface area contributed by atoms with Gasteiger partial charge in [0.25, 0.3) is 5.91 Å². The second-order valence-corrected chi connectivity index (χ2v) is 6.36. The van der Waals surface area contributed by atoms with Crippen LogP contribution in [0, 0.1) is 0 Å². The molecule has 1 aromatic carbocycles. The zero-order valence-electron chi connectivity index (χ0n) is 12.5. The van der Waals surface area contributed by atoms with Crippen molar-refractivity contribution in [2.45, 2.75) is 25.3 Å². The molecule has 0 fully saturated rings. The standard InChI is InChI=1S/C18H16ClN3O/c19-12-3-5-14-15-9-13(4-6-16(15)22-17(14)8-12)21-18(23)11-2-1-7-20-10-11/h1-3,5,7-8,10,13,22H,4,6,9H2,(H,21,23). The highest BCUT2D eigenvalue weighted by Gasteiger charge is 2.24. The lowest BCUT2D eigenvalue weighted by Gasteiger charge is -2.23. The second kappa shape index (κ2) is 5.70. The molecule has 5 heteroatoms. The lowest BCUT2D eigenvalue weighted by Crippen LogP contribution is -2.38. The summed E-state index contributed by atoms with van der Waals surface area (Å²) in [6.45, 7) is 0. The average molecular weight is 326 g/mol. The lowest BCUT2D eigenvalue weighted by atomic mass is 9.91. The number of H-pyrrole nitrogens is 1. The number of aromatic nitrogens is 2. The first-order valence-electron chi connectivity index (χ1n) is 7.70. The van der Waals surface area contributed by atoms with Crippen molar-refractivity contribution in [1.29, 1.82) is 0 Å². The second-order valence-electron chi connectivity index (χ2n) is 5.93. The molecule has 23 heavy (non-hydrogen) atoms. The molecule has 1 aliphatic carbocycles. The molecule has 0 radical (unpaired) electrons. The minimum absolute atomic E-state index is 0.0607. The van der Waals surface area contributed by atoms with Gasteiger partial charge in [-0.25, -0.2) is 0 Å². The van der Waals surface area contributed by atoms with Gasteiger partial charge in [0.2, 0.25) is 0 Å². The van der Waals surface area contributed by atoms with Crippen molar-refractivity contribution in [3.8, 4) is 0 Å². The molecule has 0 bridgehead atoms. The topological polar surface area (TPSA) is 57.8 Å². The maximum atomic E-state index is 12.3. The first kappa shape index (κ1) is 14.3. The van der Waals surface area contributed by atoms with Crippen LogP contribution in [0.3, 0.4) is 0 Å². The predicted molar refractivity (Wildman–Crippen MR) is 90.8 cm³/mol. The molecule has 3 aromatic rings. The highest BCUT2D eigenvalue weighted by atomic mass is 35.5. The third-order valence-corrected chi connectivity index (χ3v) is 4.64. The first-order chi connectivity index (χ1) is 11.2. The molecular weight excluding hydrogens is 310 g/mol. The fraction of sp³-hybridized carbons (Fsp3) is 0.222. The summed E-state index contributed by atoms with van der Waals surface area (Å²) in [7, 11) is 0. The summed E-state index contributed by atoms with van der Waals surface area (Å²) in [4.78, 5) is 19.7. The zero-order chi connectivity index (χ0) is 15.8. The van der Waals surface area contributed by atoms with Gasteiger partial charge in [0.05, 0.1) is 5.56 Å². The van der Waals surface area contributed by atoms with E-state index in [1.807, 2.05) is 12.1 Å². The third-order valence-electron chi connectivity index (χ3n) is 4.41. The Hall–Kier alpha value is -2.33. The summed E-state index contributed by atoms with van der Waals surface area (Å²) in [5, 5.41) is 5.06. The van der Waals surface area contributed by atoms with Gasteiger partial charge in [-0.3, -0.25) is 9.78 Å². The molecule has 1 aliphatic rings. The van der Waals surface area contributed by atoms with E-state index >= 15 is 0 Å². The van der Waals surface area contributed by atoms with Crippen molar-refractivity contribution >= 4 is 28.4 Å². The van der Waals surface area contributed by atoms with E-state index in [4.69, 9.17) is 11.6 Å². The number of aromatic amines is 1. The fourth-order valence-corrected chi connectivity index (χ4v) is 3.46. The quantitative estimate of drug-likeness (QED) is 0.757. The van der Waals surface area contributed by atoms with E-state index in [-0.39, 0.29) is 11.9 Å². The summed E-state index contributed by atoms with van der Waals surface area (Å²) in [5.41, 5.74) is 4.22. The van der Waals surface area contributed by atoms with Gasteiger partial charge in [-0.05, 0) is 49.1 Å². The van der Waals surface area contributed by atoms with E-state index in [0.717, 1.165) is 29.8 Å². The van der Waals surface area contributed by atoms with Crippen LogP contribution in [-0.2, 0) is 12.8 Å². The normalized spacial score (nSPS) is 17.0. The van der Waals surface area contributed by atoms with Gasteiger partial charge in [-0.2, -0.15) is 0 Å². The summed E-state index contributed by atoms with van der Waals surface area (Å²) < 4.78 is 0. The predicted octanol–water partition coefficient (Wildman–Crippen LogP) is 3.50. The number of nitrogens with one attached hydrogen (secondary N) is 2. The van der Waals surface area contributed by atoms with Gasteiger partial charge < -0.3 is 10.3 Å². The van der Waals surface area contributed by atoms with Crippen molar-refractivity contribution in [2.24, 2.45) is 0 Å². The Balaban J connectivity index is 1.57. The smallest absolute Gasteiger partial charge is 0.253 e. The molecular formula is C18H16ClN3O. The van der Waals surface area contributed by atoms with E-state index in [9.17, 15) is 4.79 Å². The van der Waals surface area contributed by atoms with Crippen LogP contribution in [0.4, 0.5) is 0 Å². The summed E-state index contributed by atoms with van der Waals surface area (Å²) in [5.74, 6) is -0.0607. The average Bonchev–Trinajstić information content (AvgIpc) is 2.92. The number of hydrogen-bond acceptors (Lipinski definition) is 2. The molecule has 4 nitrogen and oxygen atoms in total. The van der Waals surface area contributed by atoms with Crippen LogP contribution in [0.25, 0.3) is 10.9 Å². The van der Waals surface area contributed by atoms with Gasteiger partial charge in [0.15, 0.2) is 0 Å². The molecule has 2 aromatic heterocycles. The van der Waals surface area contributed by atoms with Crippen LogP contribution in [0.1, 0.15) is 28.0 Å². The van der Waals surface area contributed by atoms with Crippen molar-refractivity contribution in [3.63, 3.8) is 0 Å². The Kier molecular flexibility index (Phi) is 3.54. The summed E-state index contributed by atoms with van der Waals surface area (Å²) in [6.07, 6.45) is 5.96. The van der Waals surface area contributed by atoms with Gasteiger partial charge in [-0.1, -0.05) is 17.7 Å². The fourth-order valence-electron chi connectivity index (χ4n) is 3.29. The maximum Gasteiger partial charge on any atom is 0.253 e. The largest absolute Gasteiger partial charge is 0.358 e. The zero-order valence-corrected chi connectivity index (χ0v) is 13.2. The molecule has 1 atom stereocenters. The number of carbonyl (C=O) groups is 1. The molecule has 0 spiro atoms. The number of fused-ring (bicyclic) bond motifs is 3. The Bertz CT molecular complexity index is 873. The van der Waals surface area contributed by atoms with E-state index in [2.05, 4.69) is 21.4 Å². The number of rotatable bonds is 2. The Morgan fingerprint density at radius 1 is 1.35 bits per heavy atom. The van der Waals surface area contributed by atoms with Gasteiger partial charge >= 0.3 is 0 Å². The molecule has 2 N–H and O–H groups in total. The monoisotopic (exact) mass is 325 g/mol. The van der Waals surface area contributed by atoms with Crippen LogP contribution < -0.4 is 5.32 Å². The maximum absolute atomic E-state index is 12.3.